The van der Waals surface area contributed by atoms with Crippen molar-refractivity contribution in [1.29, 1.82) is 0 Å². The van der Waals surface area contributed by atoms with Crippen molar-refractivity contribution in [3.8, 4) is 0 Å². The Kier molecular flexibility index (Phi) is 9.37. The van der Waals surface area contributed by atoms with Gasteiger partial charge < -0.3 is 24.5 Å². The molecule has 3 aromatic rings. The number of nitrogens with zero attached hydrogens (tertiary/aromatic N) is 6. The lowest BCUT2D eigenvalue weighted by molar-refractivity contribution is -0.152. The van der Waals surface area contributed by atoms with Crippen molar-refractivity contribution in [2.75, 3.05) is 24.6 Å². The van der Waals surface area contributed by atoms with Gasteiger partial charge in [-0.2, -0.15) is 0 Å². The maximum absolute atomic E-state index is 15.0. The third-order valence-electron chi connectivity index (χ3n) is 9.63. The minimum Gasteiger partial charge on any atom is -0.394 e. The van der Waals surface area contributed by atoms with E-state index in [2.05, 4.69) is 39.4 Å². The van der Waals surface area contributed by atoms with Gasteiger partial charge in [0.15, 0.2) is 0 Å². The van der Waals surface area contributed by atoms with Gasteiger partial charge in [-0.05, 0) is 43.0 Å². The number of aliphatic hydroxyl groups excluding tert-OH is 1. The minimum atomic E-state index is -1.29. The van der Waals surface area contributed by atoms with Gasteiger partial charge in [0, 0.05) is 23.6 Å². The van der Waals surface area contributed by atoms with E-state index in [0.717, 1.165) is 5.52 Å². The molecule has 3 amide bonds. The Hall–Kier alpha value is -3.87. The molecule has 248 valence electrons. The Balaban J connectivity index is 1.43. The number of halogens is 1. The molecule has 3 fully saturated rings. The Morgan fingerprint density at radius 1 is 1.11 bits per heavy atom. The third-order valence-corrected chi connectivity index (χ3v) is 10.5. The fourth-order valence-corrected chi connectivity index (χ4v) is 8.75. The summed E-state index contributed by atoms with van der Waals surface area (Å²) in [6, 6.07) is 15.0. The molecule has 7 atom stereocenters. The zero-order chi connectivity index (χ0) is 33.5. The van der Waals surface area contributed by atoms with E-state index in [1.165, 1.54) is 4.90 Å². The first-order valence-electron chi connectivity index (χ1n) is 16.1. The van der Waals surface area contributed by atoms with Crippen molar-refractivity contribution in [2.24, 2.45) is 17.8 Å². The smallest absolute Gasteiger partial charge is 0.250 e. The van der Waals surface area contributed by atoms with Gasteiger partial charge in [0.25, 0.3) is 0 Å². The van der Waals surface area contributed by atoms with E-state index in [9.17, 15) is 19.5 Å². The second kappa shape index (κ2) is 13.3. The molecule has 12 heteroatoms. The number of ether oxygens (including phenoxy) is 1. The number of amides is 3. The highest BCUT2D eigenvalue weighted by Gasteiger charge is 2.77. The van der Waals surface area contributed by atoms with Crippen LogP contribution in [0.5, 0.6) is 0 Å². The van der Waals surface area contributed by atoms with E-state index in [4.69, 9.17) is 4.74 Å². The number of anilines is 1. The van der Waals surface area contributed by atoms with Crippen LogP contribution in [0.1, 0.15) is 26.7 Å². The lowest BCUT2D eigenvalue weighted by Crippen LogP contribution is -2.59. The van der Waals surface area contributed by atoms with Crippen molar-refractivity contribution >= 4 is 50.4 Å². The Labute approximate surface area is 283 Å². The first-order valence-corrected chi connectivity index (χ1v) is 17.0. The fraction of sp³-hybridized carbons (Fsp3) is 0.457. The summed E-state index contributed by atoms with van der Waals surface area (Å²) in [6.07, 6.45) is 3.47. The average molecular weight is 706 g/mol. The van der Waals surface area contributed by atoms with Gasteiger partial charge in [-0.15, -0.1) is 18.3 Å². The number of aromatic nitrogens is 3. The first kappa shape index (κ1) is 33.0. The predicted molar refractivity (Wildman–Crippen MR) is 181 cm³/mol. The van der Waals surface area contributed by atoms with Crippen molar-refractivity contribution in [2.45, 2.75) is 62.0 Å². The number of aliphatic hydroxyl groups is 1. The largest absolute Gasteiger partial charge is 0.394 e. The van der Waals surface area contributed by atoms with E-state index < -0.39 is 35.6 Å². The molecule has 3 saturated heterocycles. The number of carbonyl (C=O) groups excluding carboxylic acids is 3. The molecule has 11 nitrogen and oxygen atoms in total. The fourth-order valence-electron chi connectivity index (χ4n) is 7.81. The van der Waals surface area contributed by atoms with Crippen LogP contribution in [0.15, 0.2) is 79.9 Å². The van der Waals surface area contributed by atoms with Gasteiger partial charge in [-0.25, -0.2) is 4.68 Å². The normalized spacial score (nSPS) is 26.9. The van der Waals surface area contributed by atoms with E-state index in [-0.39, 0.29) is 54.8 Å². The molecule has 3 aliphatic rings. The van der Waals surface area contributed by atoms with Crippen molar-refractivity contribution in [1.82, 2.24) is 24.8 Å². The second-order valence-corrected chi connectivity index (χ2v) is 14.2. The lowest BCUT2D eigenvalue weighted by Gasteiger charge is -2.39. The number of likely N-dealkylation sites (tertiary alicyclic amines) is 1. The van der Waals surface area contributed by atoms with Crippen LogP contribution in [0.4, 0.5) is 5.69 Å². The van der Waals surface area contributed by atoms with Crippen LogP contribution < -0.4 is 4.90 Å². The summed E-state index contributed by atoms with van der Waals surface area (Å²) in [5.74, 6) is -2.62. The van der Waals surface area contributed by atoms with Gasteiger partial charge in [-0.1, -0.05) is 77.5 Å². The summed E-state index contributed by atoms with van der Waals surface area (Å²) in [7, 11) is 0. The third kappa shape index (κ3) is 5.59. The van der Waals surface area contributed by atoms with Gasteiger partial charge in [-0.3, -0.25) is 14.4 Å². The molecule has 2 bridgehead atoms. The summed E-state index contributed by atoms with van der Waals surface area (Å²) in [5, 5.41) is 19.2. The quantitative estimate of drug-likeness (QED) is 0.212. The van der Waals surface area contributed by atoms with Crippen molar-refractivity contribution < 1.29 is 24.2 Å². The number of rotatable bonds is 13. The molecular weight excluding hydrogens is 664 g/mol. The highest BCUT2D eigenvalue weighted by atomic mass is 79.9. The van der Waals surface area contributed by atoms with Crippen LogP contribution in [0.2, 0.25) is 0 Å². The molecule has 0 aliphatic carbocycles. The molecule has 0 saturated carbocycles. The van der Waals surface area contributed by atoms with E-state index in [1.807, 2.05) is 68.4 Å². The molecule has 6 rings (SSSR count). The zero-order valence-corrected chi connectivity index (χ0v) is 28.3. The summed E-state index contributed by atoms with van der Waals surface area (Å²) >= 11 is 3.78. The van der Waals surface area contributed by atoms with E-state index >= 15 is 0 Å². The van der Waals surface area contributed by atoms with Gasteiger partial charge in [0.2, 0.25) is 17.7 Å². The topological polar surface area (TPSA) is 121 Å². The maximum Gasteiger partial charge on any atom is 0.250 e. The molecule has 1 spiro atoms. The van der Waals surface area contributed by atoms with Crippen molar-refractivity contribution in [3.05, 3.63) is 79.9 Å². The molecule has 4 heterocycles. The Morgan fingerprint density at radius 2 is 1.81 bits per heavy atom. The molecule has 3 unspecified atom stereocenters. The summed E-state index contributed by atoms with van der Waals surface area (Å²) in [6.45, 7) is 11.9. The monoisotopic (exact) mass is 704 g/mol. The zero-order valence-electron chi connectivity index (χ0n) is 26.7. The SMILES string of the molecule is C=CCN(Cn1nnc2ccccc21)C(=O)C1N([C@@H](CO)CC(C)C)C(=O)[C@@H]2[C@H](C(=O)N(CC=C)c3ccccc3)[C@H]3OC12CC3Br. The number of hydrogen-bond acceptors (Lipinski definition) is 7. The summed E-state index contributed by atoms with van der Waals surface area (Å²) < 4.78 is 8.43. The van der Waals surface area contributed by atoms with Crippen LogP contribution in [-0.2, 0) is 25.8 Å². The molecule has 1 aromatic heterocycles. The maximum atomic E-state index is 15.0. The number of fused-ring (bicyclic) bond motifs is 2. The second-order valence-electron chi connectivity index (χ2n) is 13.0. The Bertz CT molecular complexity index is 1660. The molecule has 3 aliphatic heterocycles. The molecular formula is C35H41BrN6O5. The highest BCUT2D eigenvalue weighted by molar-refractivity contribution is 9.09. The van der Waals surface area contributed by atoms with Gasteiger partial charge in [0.1, 0.15) is 23.8 Å². The van der Waals surface area contributed by atoms with Gasteiger partial charge >= 0.3 is 0 Å². The van der Waals surface area contributed by atoms with Crippen LogP contribution in [-0.4, -0.2) is 95.9 Å². The van der Waals surface area contributed by atoms with Crippen LogP contribution in [0.3, 0.4) is 0 Å². The summed E-state index contributed by atoms with van der Waals surface area (Å²) in [5.41, 5.74) is 0.833. The number of hydrogen-bond donors (Lipinski definition) is 1. The number of alkyl halides is 1. The number of benzene rings is 2. The van der Waals surface area contributed by atoms with Crippen molar-refractivity contribution in [3.63, 3.8) is 0 Å². The highest BCUT2D eigenvalue weighted by Crippen LogP contribution is 2.61. The molecule has 2 aromatic carbocycles. The average Bonchev–Trinajstić information content (AvgIpc) is 3.79. The first-order chi connectivity index (χ1) is 22.7. The van der Waals surface area contributed by atoms with E-state index in [1.54, 1.807) is 26.6 Å². The standard InChI is InChI=1S/C35H41BrN6O5/c1-5-16-39(21-41-27-15-11-10-14-26(27)37-38-41)34(46)31-35-19-25(36)30(47-35)28(29(35)33(45)42(31)24(20-43)18-22(3)4)32(44)40(17-6-2)23-12-8-7-9-13-23/h5-15,22,24-25,28-31,43H,1-2,16-21H2,3-4H3/t24-,25?,28+,29+,30+,31?,35?/m1/s1. The van der Waals surface area contributed by atoms with Crippen LogP contribution in [0, 0.1) is 17.8 Å². The minimum absolute atomic E-state index is 0.0588. The van der Waals surface area contributed by atoms with Gasteiger partial charge in [0.05, 0.1) is 36.1 Å². The molecule has 0 radical (unpaired) electrons. The Morgan fingerprint density at radius 3 is 2.49 bits per heavy atom. The summed E-state index contributed by atoms with van der Waals surface area (Å²) in [4.78, 5) is 48.8. The van der Waals surface area contributed by atoms with E-state index in [0.29, 0.717) is 24.0 Å². The number of para-hydroxylation sites is 2. The number of carbonyl (C=O) groups is 3. The molecule has 47 heavy (non-hydrogen) atoms. The predicted octanol–water partition coefficient (Wildman–Crippen LogP) is 3.78. The van der Waals surface area contributed by atoms with Crippen LogP contribution >= 0.6 is 15.9 Å². The molecule has 1 N–H and O–H groups in total. The van der Waals surface area contributed by atoms with Crippen LogP contribution in [0.25, 0.3) is 11.0 Å². The lowest BCUT2D eigenvalue weighted by atomic mass is 9.70.